The SMILES string of the molecule is CNC(=O)C(C)N(Cc1ccc(Cl)cc1)C(=O)CN(c1ccccc1C(C)C)S(C)(=O)=O. The summed E-state index contributed by atoms with van der Waals surface area (Å²) in [7, 11) is -2.27. The largest absolute Gasteiger partial charge is 0.357 e. The van der Waals surface area contributed by atoms with Crippen molar-refractivity contribution in [3.8, 4) is 0 Å². The number of rotatable bonds is 9. The van der Waals surface area contributed by atoms with Gasteiger partial charge in [0.1, 0.15) is 12.6 Å². The summed E-state index contributed by atoms with van der Waals surface area (Å²) < 4.78 is 26.5. The van der Waals surface area contributed by atoms with Gasteiger partial charge in [-0.25, -0.2) is 8.42 Å². The first kappa shape index (κ1) is 25.7. The smallest absolute Gasteiger partial charge is 0.244 e. The monoisotopic (exact) mass is 479 g/mol. The quantitative estimate of drug-likeness (QED) is 0.597. The van der Waals surface area contributed by atoms with Crippen molar-refractivity contribution in [3.05, 3.63) is 64.7 Å². The van der Waals surface area contributed by atoms with E-state index in [1.807, 2.05) is 26.0 Å². The van der Waals surface area contributed by atoms with Crippen LogP contribution in [-0.4, -0.2) is 51.0 Å². The first-order valence-electron chi connectivity index (χ1n) is 10.3. The zero-order valence-electron chi connectivity index (χ0n) is 19.0. The molecule has 0 spiro atoms. The highest BCUT2D eigenvalue weighted by Crippen LogP contribution is 2.29. The number of hydrogen-bond acceptors (Lipinski definition) is 4. The predicted molar refractivity (Wildman–Crippen MR) is 128 cm³/mol. The van der Waals surface area contributed by atoms with Crippen molar-refractivity contribution < 1.29 is 18.0 Å². The Hall–Kier alpha value is -2.58. The van der Waals surface area contributed by atoms with Gasteiger partial charge in [0.25, 0.3) is 0 Å². The van der Waals surface area contributed by atoms with Gasteiger partial charge in [-0.3, -0.25) is 13.9 Å². The van der Waals surface area contributed by atoms with E-state index in [0.29, 0.717) is 10.7 Å². The minimum Gasteiger partial charge on any atom is -0.357 e. The second-order valence-corrected chi connectivity index (χ2v) is 10.3. The molecule has 0 aliphatic heterocycles. The molecule has 1 unspecified atom stereocenters. The molecular formula is C23H30ClN3O4S. The summed E-state index contributed by atoms with van der Waals surface area (Å²) in [5.74, 6) is -0.777. The van der Waals surface area contributed by atoms with Crippen molar-refractivity contribution in [1.29, 1.82) is 0 Å². The molecule has 0 fully saturated rings. The third kappa shape index (κ3) is 6.46. The predicted octanol–water partition coefficient (Wildman–Crippen LogP) is 3.39. The zero-order valence-corrected chi connectivity index (χ0v) is 20.6. The van der Waals surface area contributed by atoms with Crippen molar-refractivity contribution in [2.45, 2.75) is 39.3 Å². The van der Waals surface area contributed by atoms with Gasteiger partial charge in [0.05, 0.1) is 11.9 Å². The Morgan fingerprint density at radius 2 is 1.62 bits per heavy atom. The molecule has 0 saturated heterocycles. The van der Waals surface area contributed by atoms with Gasteiger partial charge in [-0.15, -0.1) is 0 Å². The van der Waals surface area contributed by atoms with Crippen LogP contribution in [0.4, 0.5) is 5.69 Å². The number of nitrogens with one attached hydrogen (secondary N) is 1. The van der Waals surface area contributed by atoms with E-state index < -0.39 is 28.5 Å². The fourth-order valence-corrected chi connectivity index (χ4v) is 4.37. The Balaban J connectivity index is 2.44. The van der Waals surface area contributed by atoms with Gasteiger partial charge >= 0.3 is 0 Å². The van der Waals surface area contributed by atoms with Crippen LogP contribution >= 0.6 is 11.6 Å². The number of amides is 2. The maximum absolute atomic E-state index is 13.4. The van der Waals surface area contributed by atoms with Gasteiger partial charge in [-0.2, -0.15) is 0 Å². The topological polar surface area (TPSA) is 86.8 Å². The Morgan fingerprint density at radius 1 is 1.03 bits per heavy atom. The summed E-state index contributed by atoms with van der Waals surface area (Å²) in [6.07, 6.45) is 1.07. The van der Waals surface area contributed by atoms with E-state index in [2.05, 4.69) is 5.32 Å². The zero-order chi connectivity index (χ0) is 24.1. The molecular weight excluding hydrogens is 450 g/mol. The molecule has 1 atom stereocenters. The lowest BCUT2D eigenvalue weighted by atomic mass is 10.0. The van der Waals surface area contributed by atoms with Crippen LogP contribution < -0.4 is 9.62 Å². The van der Waals surface area contributed by atoms with E-state index in [4.69, 9.17) is 11.6 Å². The molecule has 0 aliphatic carbocycles. The van der Waals surface area contributed by atoms with Crippen molar-refractivity contribution in [1.82, 2.24) is 10.2 Å². The number of para-hydroxylation sites is 1. The summed E-state index contributed by atoms with van der Waals surface area (Å²) in [4.78, 5) is 27.1. The van der Waals surface area contributed by atoms with E-state index in [-0.39, 0.29) is 18.4 Å². The highest BCUT2D eigenvalue weighted by Gasteiger charge is 2.30. The van der Waals surface area contributed by atoms with Crippen LogP contribution in [0, 0.1) is 0 Å². The van der Waals surface area contributed by atoms with E-state index >= 15 is 0 Å². The van der Waals surface area contributed by atoms with Crippen molar-refractivity contribution >= 4 is 39.1 Å². The number of hydrogen-bond donors (Lipinski definition) is 1. The van der Waals surface area contributed by atoms with Gasteiger partial charge in [0, 0.05) is 18.6 Å². The number of sulfonamides is 1. The summed E-state index contributed by atoms with van der Waals surface area (Å²) in [5.41, 5.74) is 2.04. The van der Waals surface area contributed by atoms with Crippen LogP contribution in [0.5, 0.6) is 0 Å². The normalized spacial score (nSPS) is 12.3. The van der Waals surface area contributed by atoms with Gasteiger partial charge in [-0.05, 0) is 42.2 Å². The Kier molecular flexibility index (Phi) is 8.69. The highest BCUT2D eigenvalue weighted by molar-refractivity contribution is 7.92. The third-order valence-corrected chi connectivity index (χ3v) is 6.56. The molecule has 2 amide bonds. The second kappa shape index (κ2) is 10.8. The number of carbonyl (C=O) groups is 2. The standard InChI is InChI=1S/C23H30ClN3O4S/c1-16(2)20-8-6-7-9-21(20)27(32(5,30)31)15-22(28)26(17(3)23(29)25-4)14-18-10-12-19(24)13-11-18/h6-13,16-17H,14-15H2,1-5H3,(H,25,29). The fraction of sp³-hybridized carbons (Fsp3) is 0.391. The average molecular weight is 480 g/mol. The number of carbonyl (C=O) groups excluding carboxylic acids is 2. The molecule has 2 rings (SSSR count). The number of nitrogens with zero attached hydrogens (tertiary/aromatic N) is 2. The Bertz CT molecular complexity index is 1060. The van der Waals surface area contributed by atoms with Crippen LogP contribution in [-0.2, 0) is 26.2 Å². The van der Waals surface area contributed by atoms with Crippen molar-refractivity contribution in [2.24, 2.45) is 0 Å². The van der Waals surface area contributed by atoms with Crippen molar-refractivity contribution in [2.75, 3.05) is 24.2 Å². The minimum absolute atomic E-state index is 0.0560. The fourth-order valence-electron chi connectivity index (χ4n) is 3.38. The summed E-state index contributed by atoms with van der Waals surface area (Å²) in [6, 6.07) is 13.2. The third-order valence-electron chi connectivity index (χ3n) is 5.19. The lowest BCUT2D eigenvalue weighted by molar-refractivity contribution is -0.139. The molecule has 2 aromatic rings. The molecule has 0 saturated carbocycles. The molecule has 174 valence electrons. The number of halogens is 1. The van der Waals surface area contributed by atoms with Gasteiger partial charge < -0.3 is 10.2 Å². The molecule has 0 aromatic heterocycles. The first-order chi connectivity index (χ1) is 15.0. The summed E-state index contributed by atoms with van der Waals surface area (Å²) in [6.45, 7) is 5.24. The first-order valence-corrected chi connectivity index (χ1v) is 12.5. The molecule has 7 nitrogen and oxygen atoms in total. The molecule has 0 bridgehead atoms. The lowest BCUT2D eigenvalue weighted by Crippen LogP contribution is -2.50. The van der Waals surface area contributed by atoms with Crippen LogP contribution in [0.25, 0.3) is 0 Å². The average Bonchev–Trinajstić information content (AvgIpc) is 2.75. The lowest BCUT2D eigenvalue weighted by Gasteiger charge is -2.32. The van der Waals surface area contributed by atoms with E-state index in [0.717, 1.165) is 21.7 Å². The molecule has 1 N–H and O–H groups in total. The van der Waals surface area contributed by atoms with E-state index in [1.165, 1.54) is 11.9 Å². The molecule has 0 radical (unpaired) electrons. The molecule has 0 heterocycles. The van der Waals surface area contributed by atoms with Gasteiger partial charge in [0.15, 0.2) is 0 Å². The molecule has 32 heavy (non-hydrogen) atoms. The summed E-state index contributed by atoms with van der Waals surface area (Å²) >= 11 is 5.96. The molecule has 2 aromatic carbocycles. The number of likely N-dealkylation sites (N-methyl/N-ethyl adjacent to an activating group) is 1. The van der Waals surface area contributed by atoms with Crippen LogP contribution in [0.1, 0.15) is 37.8 Å². The Morgan fingerprint density at radius 3 is 2.16 bits per heavy atom. The van der Waals surface area contributed by atoms with Crippen LogP contribution in [0.3, 0.4) is 0 Å². The van der Waals surface area contributed by atoms with Crippen molar-refractivity contribution in [3.63, 3.8) is 0 Å². The number of benzene rings is 2. The summed E-state index contributed by atoms with van der Waals surface area (Å²) in [5, 5.41) is 3.10. The highest BCUT2D eigenvalue weighted by atomic mass is 35.5. The molecule has 0 aliphatic rings. The minimum atomic E-state index is -3.76. The Labute approximate surface area is 195 Å². The van der Waals surface area contributed by atoms with E-state index in [1.54, 1.807) is 43.3 Å². The van der Waals surface area contributed by atoms with Gasteiger partial charge in [0.2, 0.25) is 21.8 Å². The number of anilines is 1. The maximum Gasteiger partial charge on any atom is 0.244 e. The van der Waals surface area contributed by atoms with E-state index in [9.17, 15) is 18.0 Å². The second-order valence-electron chi connectivity index (χ2n) is 7.92. The van der Waals surface area contributed by atoms with Crippen LogP contribution in [0.2, 0.25) is 5.02 Å². The molecule has 9 heteroatoms. The van der Waals surface area contributed by atoms with Gasteiger partial charge in [-0.1, -0.05) is 55.8 Å². The van der Waals surface area contributed by atoms with Crippen LogP contribution in [0.15, 0.2) is 48.5 Å². The maximum atomic E-state index is 13.4.